The van der Waals surface area contributed by atoms with Crippen LogP contribution >= 0.6 is 15.9 Å². The monoisotopic (exact) mass is 435 g/mol. The van der Waals surface area contributed by atoms with E-state index in [1.54, 1.807) is 0 Å². The summed E-state index contributed by atoms with van der Waals surface area (Å²) in [6, 6.07) is 4.78. The number of rotatable bonds is 4. The third kappa shape index (κ3) is 4.54. The van der Waals surface area contributed by atoms with Crippen molar-refractivity contribution in [2.24, 2.45) is 0 Å². The number of hydrogen-bond acceptors (Lipinski definition) is 3. The Bertz CT molecular complexity index is 734. The fraction of sp³-hybridized carbons (Fsp3) is 0.471. The van der Waals surface area contributed by atoms with E-state index in [-0.39, 0.29) is 5.04 Å². The number of alkyl halides is 3. The summed E-state index contributed by atoms with van der Waals surface area (Å²) in [4.78, 5) is 0. The van der Waals surface area contributed by atoms with Gasteiger partial charge in [-0.2, -0.15) is 13.2 Å². The molecule has 0 aliphatic carbocycles. The van der Waals surface area contributed by atoms with Crippen molar-refractivity contribution in [2.45, 2.75) is 51.7 Å². The summed E-state index contributed by atoms with van der Waals surface area (Å²) in [5.74, 6) is 0.391. The highest BCUT2D eigenvalue weighted by Gasteiger charge is 2.37. The predicted octanol–water partition coefficient (Wildman–Crippen LogP) is 6.64. The van der Waals surface area contributed by atoms with E-state index in [2.05, 4.69) is 55.0 Å². The van der Waals surface area contributed by atoms with Crippen LogP contribution in [0.15, 0.2) is 33.3 Å². The molecule has 0 bridgehead atoms. The second-order valence-electron chi connectivity index (χ2n) is 7.40. The summed E-state index contributed by atoms with van der Waals surface area (Å²) < 4.78 is 50.0. The highest BCUT2D eigenvalue weighted by atomic mass is 79.9. The lowest BCUT2D eigenvalue weighted by Crippen LogP contribution is -2.40. The van der Waals surface area contributed by atoms with Gasteiger partial charge in [0.1, 0.15) is 5.69 Å². The van der Waals surface area contributed by atoms with Crippen LogP contribution in [0.2, 0.25) is 18.1 Å². The molecule has 0 aliphatic heterocycles. The Morgan fingerprint density at radius 3 is 2.16 bits per heavy atom. The third-order valence-corrected chi connectivity index (χ3v) is 9.85. The Labute approximate surface area is 154 Å². The minimum absolute atomic E-state index is 0.0689. The Balaban J connectivity index is 2.19. The second-order valence-corrected chi connectivity index (χ2v) is 13.0. The van der Waals surface area contributed by atoms with Gasteiger partial charge in [-0.15, -0.1) is 0 Å². The molecule has 0 atom stereocenters. The SMILES string of the molecule is CC(C)(C)[Si](C)(C)OCc1noc(-c2ccc(C(F)(F)F)cc2)c1Br. The lowest BCUT2D eigenvalue weighted by atomic mass is 10.1. The molecule has 138 valence electrons. The first-order chi connectivity index (χ1) is 11.3. The van der Waals surface area contributed by atoms with Gasteiger partial charge in [-0.05, 0) is 46.2 Å². The molecule has 8 heteroatoms. The van der Waals surface area contributed by atoms with Crippen LogP contribution in [-0.4, -0.2) is 13.5 Å². The molecular weight excluding hydrogens is 415 g/mol. The van der Waals surface area contributed by atoms with Gasteiger partial charge < -0.3 is 8.95 Å². The largest absolute Gasteiger partial charge is 0.416 e. The minimum atomic E-state index is -4.36. The molecule has 0 fully saturated rings. The number of halogens is 4. The van der Waals surface area contributed by atoms with Gasteiger partial charge in [0.05, 0.1) is 16.6 Å². The molecule has 1 heterocycles. The average molecular weight is 436 g/mol. The molecule has 0 aliphatic rings. The van der Waals surface area contributed by atoms with Gasteiger partial charge in [-0.3, -0.25) is 0 Å². The van der Waals surface area contributed by atoms with Crippen molar-refractivity contribution in [1.82, 2.24) is 5.16 Å². The van der Waals surface area contributed by atoms with E-state index in [0.717, 1.165) is 12.1 Å². The molecule has 0 saturated heterocycles. The molecule has 0 radical (unpaired) electrons. The molecule has 0 saturated carbocycles. The van der Waals surface area contributed by atoms with Gasteiger partial charge in [0, 0.05) is 5.56 Å². The lowest BCUT2D eigenvalue weighted by molar-refractivity contribution is -0.137. The fourth-order valence-electron chi connectivity index (χ4n) is 1.86. The predicted molar refractivity (Wildman–Crippen MR) is 96.6 cm³/mol. The molecule has 2 aromatic rings. The number of aromatic nitrogens is 1. The Hall–Kier alpha value is -1.12. The quantitative estimate of drug-likeness (QED) is 0.504. The first kappa shape index (κ1) is 20.2. The number of hydrogen-bond donors (Lipinski definition) is 0. The van der Waals surface area contributed by atoms with E-state index < -0.39 is 20.1 Å². The molecule has 1 aromatic carbocycles. The Morgan fingerprint density at radius 2 is 1.68 bits per heavy atom. The summed E-state index contributed by atoms with van der Waals surface area (Å²) >= 11 is 3.42. The summed E-state index contributed by atoms with van der Waals surface area (Å²) in [6.45, 7) is 11.0. The van der Waals surface area contributed by atoms with Gasteiger partial charge in [0.25, 0.3) is 0 Å². The first-order valence-electron chi connectivity index (χ1n) is 7.78. The Morgan fingerprint density at radius 1 is 1.12 bits per heavy atom. The van der Waals surface area contributed by atoms with E-state index in [4.69, 9.17) is 8.95 Å². The summed E-state index contributed by atoms with van der Waals surface area (Å²) in [7, 11) is -1.94. The number of nitrogens with zero attached hydrogens (tertiary/aromatic N) is 1. The molecule has 0 unspecified atom stereocenters. The van der Waals surface area contributed by atoms with Crippen LogP contribution in [-0.2, 0) is 17.2 Å². The maximum atomic E-state index is 12.7. The van der Waals surface area contributed by atoms with Crippen molar-refractivity contribution in [3.63, 3.8) is 0 Å². The van der Waals surface area contributed by atoms with E-state index in [1.807, 2.05) is 0 Å². The van der Waals surface area contributed by atoms with Crippen molar-refractivity contribution in [2.75, 3.05) is 0 Å². The molecule has 0 N–H and O–H groups in total. The van der Waals surface area contributed by atoms with Gasteiger partial charge in [-0.25, -0.2) is 0 Å². The van der Waals surface area contributed by atoms with Gasteiger partial charge >= 0.3 is 6.18 Å². The summed E-state index contributed by atoms with van der Waals surface area (Å²) in [5, 5.41) is 4.07. The van der Waals surface area contributed by atoms with E-state index in [9.17, 15) is 13.2 Å². The van der Waals surface area contributed by atoms with Crippen molar-refractivity contribution < 1.29 is 22.1 Å². The van der Waals surface area contributed by atoms with Crippen LogP contribution in [0.3, 0.4) is 0 Å². The average Bonchev–Trinajstić information content (AvgIpc) is 2.84. The van der Waals surface area contributed by atoms with E-state index in [1.165, 1.54) is 12.1 Å². The second kappa shape index (κ2) is 6.89. The zero-order valence-electron chi connectivity index (χ0n) is 14.8. The highest BCUT2D eigenvalue weighted by Crippen LogP contribution is 2.39. The van der Waals surface area contributed by atoms with Crippen LogP contribution in [0.5, 0.6) is 0 Å². The number of benzene rings is 1. The molecule has 1 aromatic heterocycles. The van der Waals surface area contributed by atoms with Gasteiger partial charge in [0.2, 0.25) is 0 Å². The molecular formula is C17H21BrF3NO2Si. The van der Waals surface area contributed by atoms with Crippen molar-refractivity contribution >= 4 is 24.2 Å². The first-order valence-corrected chi connectivity index (χ1v) is 11.5. The molecule has 0 spiro atoms. The topological polar surface area (TPSA) is 35.3 Å². The Kier molecular flexibility index (Phi) is 5.56. The van der Waals surface area contributed by atoms with Gasteiger partial charge in [0.15, 0.2) is 14.1 Å². The maximum absolute atomic E-state index is 12.7. The van der Waals surface area contributed by atoms with Crippen LogP contribution in [0.1, 0.15) is 32.0 Å². The van der Waals surface area contributed by atoms with Crippen LogP contribution in [0.25, 0.3) is 11.3 Å². The van der Waals surface area contributed by atoms with Crippen LogP contribution in [0, 0.1) is 0 Å². The molecule has 25 heavy (non-hydrogen) atoms. The summed E-state index contributed by atoms with van der Waals surface area (Å²) in [5.41, 5.74) is 0.416. The minimum Gasteiger partial charge on any atom is -0.411 e. The maximum Gasteiger partial charge on any atom is 0.416 e. The molecule has 2 rings (SSSR count). The fourth-order valence-corrected chi connectivity index (χ4v) is 3.28. The third-order valence-electron chi connectivity index (χ3n) is 4.55. The zero-order valence-corrected chi connectivity index (χ0v) is 17.4. The normalized spacial score (nSPS) is 13.3. The highest BCUT2D eigenvalue weighted by molar-refractivity contribution is 9.10. The van der Waals surface area contributed by atoms with Crippen molar-refractivity contribution in [1.29, 1.82) is 0 Å². The smallest absolute Gasteiger partial charge is 0.411 e. The van der Waals surface area contributed by atoms with Crippen molar-refractivity contribution in [3.8, 4) is 11.3 Å². The van der Waals surface area contributed by atoms with Crippen LogP contribution in [0.4, 0.5) is 13.2 Å². The molecule has 0 amide bonds. The van der Waals surface area contributed by atoms with E-state index in [0.29, 0.717) is 28.1 Å². The standard InChI is InChI=1S/C17H21BrF3NO2Si/c1-16(2,3)25(4,5)23-10-13-14(18)15(24-22-13)11-6-8-12(9-7-11)17(19,20)21/h6-9H,10H2,1-5H3. The lowest BCUT2D eigenvalue weighted by Gasteiger charge is -2.35. The summed E-state index contributed by atoms with van der Waals surface area (Å²) in [6.07, 6.45) is -4.36. The van der Waals surface area contributed by atoms with Gasteiger partial charge in [-0.1, -0.05) is 38.1 Å². The zero-order chi connectivity index (χ0) is 19.0. The van der Waals surface area contributed by atoms with E-state index >= 15 is 0 Å². The van der Waals surface area contributed by atoms with Crippen molar-refractivity contribution in [3.05, 3.63) is 40.0 Å². The van der Waals surface area contributed by atoms with Crippen LogP contribution < -0.4 is 0 Å². The molecule has 3 nitrogen and oxygen atoms in total.